The maximum Gasteiger partial charge on any atom is 0.123 e. The van der Waals surface area contributed by atoms with Crippen molar-refractivity contribution < 1.29 is 4.39 Å². The number of rotatable bonds is 6. The Balaban J connectivity index is 1.78. The van der Waals surface area contributed by atoms with Crippen molar-refractivity contribution >= 4 is 51.4 Å². The molecule has 0 bridgehead atoms. The summed E-state index contributed by atoms with van der Waals surface area (Å²) in [5, 5.41) is 1.22. The monoisotopic (exact) mass is 424 g/mol. The Hall–Kier alpha value is -1.40. The highest BCUT2D eigenvalue weighted by atomic mass is 35.5. The van der Waals surface area contributed by atoms with Crippen LogP contribution in [0.1, 0.15) is 16.4 Å². The molecule has 0 radical (unpaired) electrons. The van der Waals surface area contributed by atoms with Crippen molar-refractivity contribution in [2.75, 3.05) is 0 Å². The second-order valence-electron chi connectivity index (χ2n) is 5.71. The molecule has 1 heterocycles. The van der Waals surface area contributed by atoms with Crippen LogP contribution in [0.4, 0.5) is 4.39 Å². The highest BCUT2D eigenvalue weighted by molar-refractivity contribution is 8.23. The zero-order valence-electron chi connectivity index (χ0n) is 13.6. The molecule has 0 aliphatic carbocycles. The maximum absolute atomic E-state index is 13.1. The van der Waals surface area contributed by atoms with Gasteiger partial charge in [0.05, 0.1) is 15.8 Å². The number of hydrogen-bond donors (Lipinski definition) is 0. The lowest BCUT2D eigenvalue weighted by molar-refractivity contribution is 0.627. The predicted molar refractivity (Wildman–Crippen MR) is 112 cm³/mol. The van der Waals surface area contributed by atoms with Crippen molar-refractivity contribution in [2.24, 2.45) is 0 Å². The molecule has 0 N–H and O–H groups in total. The molecule has 0 fully saturated rings. The normalized spacial score (nSPS) is 12.1. The van der Waals surface area contributed by atoms with E-state index < -0.39 is 0 Å². The van der Waals surface area contributed by atoms with Crippen molar-refractivity contribution in [3.05, 3.63) is 88.2 Å². The van der Waals surface area contributed by atoms with E-state index in [4.69, 9.17) is 35.4 Å². The van der Waals surface area contributed by atoms with E-state index in [1.807, 2.05) is 22.9 Å². The number of halogens is 3. The Morgan fingerprint density at radius 3 is 2.62 bits per heavy atom. The molecule has 0 saturated carbocycles. The first-order chi connectivity index (χ1) is 12.5. The van der Waals surface area contributed by atoms with Crippen molar-refractivity contribution in [3.63, 3.8) is 0 Å². The average Bonchev–Trinajstić information content (AvgIpc) is 3.09. The Morgan fingerprint density at radius 2 is 1.96 bits per heavy atom. The van der Waals surface area contributed by atoms with E-state index in [0.717, 1.165) is 15.3 Å². The fourth-order valence-electron chi connectivity index (χ4n) is 2.52. The summed E-state index contributed by atoms with van der Waals surface area (Å²) < 4.78 is 15.9. The maximum atomic E-state index is 13.1. The molecule has 7 heteroatoms. The van der Waals surface area contributed by atoms with Gasteiger partial charge in [0.1, 0.15) is 5.82 Å². The lowest BCUT2D eigenvalue weighted by Gasteiger charge is -2.19. The van der Waals surface area contributed by atoms with Gasteiger partial charge in [-0.25, -0.2) is 9.37 Å². The molecular formula is C19H15Cl2FN2S2. The Kier molecular flexibility index (Phi) is 6.70. The molecule has 3 aromatic rings. The number of aromatic nitrogens is 2. The average molecular weight is 425 g/mol. The third kappa shape index (κ3) is 5.30. The molecule has 0 aliphatic heterocycles. The Morgan fingerprint density at radius 1 is 1.19 bits per heavy atom. The van der Waals surface area contributed by atoms with Crippen LogP contribution in [0.3, 0.4) is 0 Å². The second kappa shape index (κ2) is 9.00. The van der Waals surface area contributed by atoms with Crippen LogP contribution in [0.25, 0.3) is 0 Å². The molecule has 1 atom stereocenters. The first kappa shape index (κ1) is 19.4. The highest BCUT2D eigenvalue weighted by Gasteiger charge is 2.19. The van der Waals surface area contributed by atoms with E-state index in [0.29, 0.717) is 23.0 Å². The van der Waals surface area contributed by atoms with Crippen LogP contribution in [0.2, 0.25) is 10.0 Å². The summed E-state index contributed by atoms with van der Waals surface area (Å²) in [4.78, 5) is 4.09. The first-order valence-electron chi connectivity index (χ1n) is 7.86. The van der Waals surface area contributed by atoms with E-state index in [9.17, 15) is 4.39 Å². The SMILES string of the molecule is Fc1ccc(CC(=S)SC(Cn2ccnc2)c2ccc(Cl)cc2Cl)cc1. The molecule has 2 nitrogen and oxygen atoms in total. The molecule has 134 valence electrons. The molecule has 2 aromatic carbocycles. The van der Waals surface area contributed by atoms with Gasteiger partial charge >= 0.3 is 0 Å². The Bertz CT molecular complexity index is 883. The molecule has 0 spiro atoms. The highest BCUT2D eigenvalue weighted by Crippen LogP contribution is 2.37. The lowest BCUT2D eigenvalue weighted by atomic mass is 10.1. The zero-order valence-corrected chi connectivity index (χ0v) is 16.8. The fourth-order valence-corrected chi connectivity index (χ4v) is 4.78. The smallest absolute Gasteiger partial charge is 0.123 e. The van der Waals surface area contributed by atoms with Gasteiger partial charge in [-0.3, -0.25) is 0 Å². The van der Waals surface area contributed by atoms with E-state index in [1.165, 1.54) is 12.1 Å². The van der Waals surface area contributed by atoms with Crippen molar-refractivity contribution in [3.8, 4) is 0 Å². The summed E-state index contributed by atoms with van der Waals surface area (Å²) in [5.74, 6) is -0.252. The van der Waals surface area contributed by atoms with Crippen LogP contribution in [-0.4, -0.2) is 13.7 Å². The van der Waals surface area contributed by atoms with Gasteiger partial charge in [-0.15, -0.1) is 11.8 Å². The van der Waals surface area contributed by atoms with Crippen LogP contribution in [0, 0.1) is 5.82 Å². The number of benzene rings is 2. The minimum atomic E-state index is -0.252. The lowest BCUT2D eigenvalue weighted by Crippen LogP contribution is -2.09. The van der Waals surface area contributed by atoms with E-state index >= 15 is 0 Å². The summed E-state index contributed by atoms with van der Waals surface area (Å²) in [6, 6.07) is 11.9. The second-order valence-corrected chi connectivity index (χ2v) is 8.60. The molecule has 1 unspecified atom stereocenters. The van der Waals surface area contributed by atoms with Gasteiger partial charge in [0.2, 0.25) is 0 Å². The van der Waals surface area contributed by atoms with Crippen LogP contribution in [0.5, 0.6) is 0 Å². The fraction of sp³-hybridized carbons (Fsp3) is 0.158. The van der Waals surface area contributed by atoms with Crippen molar-refractivity contribution in [1.82, 2.24) is 9.55 Å². The third-order valence-electron chi connectivity index (χ3n) is 3.78. The van der Waals surface area contributed by atoms with Gasteiger partial charge < -0.3 is 4.57 Å². The number of nitrogens with zero attached hydrogens (tertiary/aromatic N) is 2. The summed E-state index contributed by atoms with van der Waals surface area (Å²) >= 11 is 19.6. The van der Waals surface area contributed by atoms with Crippen LogP contribution in [-0.2, 0) is 13.0 Å². The van der Waals surface area contributed by atoms with Crippen molar-refractivity contribution in [2.45, 2.75) is 18.2 Å². The number of thioether (sulfide) groups is 1. The molecule has 0 aliphatic rings. The standard InChI is InChI=1S/C19H15Cl2FN2S2/c20-14-3-6-16(17(21)10-14)18(11-24-8-7-23-12-24)26-19(25)9-13-1-4-15(22)5-2-13/h1-8,10,12,18H,9,11H2. The van der Waals surface area contributed by atoms with E-state index in [2.05, 4.69) is 4.98 Å². The van der Waals surface area contributed by atoms with Crippen LogP contribution >= 0.6 is 47.2 Å². The van der Waals surface area contributed by atoms with Gasteiger partial charge in [-0.05, 0) is 35.4 Å². The van der Waals surface area contributed by atoms with Crippen LogP contribution in [0.15, 0.2) is 61.2 Å². The molecule has 26 heavy (non-hydrogen) atoms. The topological polar surface area (TPSA) is 17.8 Å². The molecule has 0 saturated heterocycles. The predicted octanol–water partition coefficient (Wildman–Crippen LogP) is 6.37. The molecular weight excluding hydrogens is 410 g/mol. The third-order valence-corrected chi connectivity index (χ3v) is 5.87. The van der Waals surface area contributed by atoms with E-state index in [1.54, 1.807) is 42.5 Å². The Labute approximate surface area is 171 Å². The minimum absolute atomic E-state index is 0.0157. The van der Waals surface area contributed by atoms with Crippen LogP contribution < -0.4 is 0 Å². The van der Waals surface area contributed by atoms with E-state index in [-0.39, 0.29) is 11.1 Å². The number of thiocarbonyl (C=S) groups is 1. The summed E-state index contributed by atoms with van der Waals surface area (Å²) in [6.45, 7) is 0.676. The van der Waals surface area contributed by atoms with Gasteiger partial charge in [0.15, 0.2) is 0 Å². The zero-order chi connectivity index (χ0) is 18.5. The summed E-state index contributed by atoms with van der Waals surface area (Å²) in [5.41, 5.74) is 1.95. The number of imidazole rings is 1. The first-order valence-corrected chi connectivity index (χ1v) is 9.90. The largest absolute Gasteiger partial charge is 0.336 e. The molecule has 1 aromatic heterocycles. The summed E-state index contributed by atoms with van der Waals surface area (Å²) in [7, 11) is 0. The van der Waals surface area contributed by atoms with Gasteiger partial charge in [0, 0.05) is 35.4 Å². The molecule has 0 amide bonds. The molecule has 3 rings (SSSR count). The van der Waals surface area contributed by atoms with Gasteiger partial charge in [0.25, 0.3) is 0 Å². The quantitative estimate of drug-likeness (QED) is 0.427. The summed E-state index contributed by atoms with van der Waals surface area (Å²) in [6.07, 6.45) is 5.99. The minimum Gasteiger partial charge on any atom is -0.336 e. The van der Waals surface area contributed by atoms with Gasteiger partial charge in [-0.1, -0.05) is 53.6 Å². The van der Waals surface area contributed by atoms with Gasteiger partial charge in [-0.2, -0.15) is 0 Å². The number of hydrogen-bond acceptors (Lipinski definition) is 3. The van der Waals surface area contributed by atoms with Crippen molar-refractivity contribution in [1.29, 1.82) is 0 Å².